The molecular formula is C19H18N4O3. The molecule has 0 fully saturated rings. The van der Waals surface area contributed by atoms with Crippen LogP contribution in [-0.4, -0.2) is 20.1 Å². The van der Waals surface area contributed by atoms with Crippen molar-refractivity contribution in [3.05, 3.63) is 70.5 Å². The molecular weight excluding hydrogens is 332 g/mol. The van der Waals surface area contributed by atoms with Gasteiger partial charge in [0.1, 0.15) is 11.8 Å². The minimum atomic E-state index is -0.504. The third-order valence-electron chi connectivity index (χ3n) is 4.45. The monoisotopic (exact) mass is 350 g/mol. The van der Waals surface area contributed by atoms with E-state index >= 15 is 0 Å². The molecule has 0 aliphatic rings. The summed E-state index contributed by atoms with van der Waals surface area (Å²) in [5.74, 6) is 0.538. The van der Waals surface area contributed by atoms with Crippen LogP contribution in [-0.2, 0) is 11.3 Å². The second-order valence-corrected chi connectivity index (χ2v) is 6.21. The van der Waals surface area contributed by atoms with Crippen molar-refractivity contribution in [2.45, 2.75) is 26.4 Å². The standard InChI is InChI=1S/C19H18N4O3/c1-12-10-17(24)21-18-15-7-3-4-8-16(15)23(22(12)18)13(2)19(25)20-11-14-6-5-9-26-14/h3-10,13H,11H2,1-2H3,(H,20,25)/t13-/m0/s1. The van der Waals surface area contributed by atoms with Crippen LogP contribution < -0.4 is 10.9 Å². The highest BCUT2D eigenvalue weighted by Gasteiger charge is 2.22. The predicted molar refractivity (Wildman–Crippen MR) is 97.0 cm³/mol. The van der Waals surface area contributed by atoms with Crippen LogP contribution in [0.1, 0.15) is 24.4 Å². The molecule has 0 saturated carbocycles. The molecule has 7 nitrogen and oxygen atoms in total. The Morgan fingerprint density at radius 3 is 2.85 bits per heavy atom. The Bertz CT molecular complexity index is 1150. The summed E-state index contributed by atoms with van der Waals surface area (Å²) in [5, 5.41) is 3.72. The smallest absolute Gasteiger partial charge is 0.273 e. The number of nitrogens with zero attached hydrogens (tertiary/aromatic N) is 3. The molecule has 4 aromatic rings. The Hall–Kier alpha value is -3.35. The normalized spacial score (nSPS) is 12.5. The summed E-state index contributed by atoms with van der Waals surface area (Å²) >= 11 is 0. The maximum absolute atomic E-state index is 12.7. The molecule has 1 aromatic carbocycles. The summed E-state index contributed by atoms with van der Waals surface area (Å²) in [6.45, 7) is 3.97. The van der Waals surface area contributed by atoms with Crippen LogP contribution in [0.15, 0.2) is 57.9 Å². The topological polar surface area (TPSA) is 81.5 Å². The van der Waals surface area contributed by atoms with Gasteiger partial charge in [-0.3, -0.25) is 14.3 Å². The van der Waals surface area contributed by atoms with E-state index < -0.39 is 6.04 Å². The summed E-state index contributed by atoms with van der Waals surface area (Å²) in [6.07, 6.45) is 1.57. The van der Waals surface area contributed by atoms with Gasteiger partial charge in [-0.1, -0.05) is 12.1 Å². The number of furan rings is 1. The van der Waals surface area contributed by atoms with Gasteiger partial charge in [0.05, 0.1) is 18.3 Å². The van der Waals surface area contributed by atoms with Crippen LogP contribution in [0.2, 0.25) is 0 Å². The molecule has 3 heterocycles. The molecule has 0 spiro atoms. The van der Waals surface area contributed by atoms with Gasteiger partial charge in [-0.25, -0.2) is 4.52 Å². The summed E-state index contributed by atoms with van der Waals surface area (Å²) < 4.78 is 8.94. The molecule has 0 unspecified atom stereocenters. The highest BCUT2D eigenvalue weighted by atomic mass is 16.3. The van der Waals surface area contributed by atoms with Gasteiger partial charge in [-0.2, -0.15) is 4.98 Å². The van der Waals surface area contributed by atoms with E-state index in [1.54, 1.807) is 12.3 Å². The van der Waals surface area contributed by atoms with Gasteiger partial charge in [-0.15, -0.1) is 0 Å². The number of amides is 1. The van der Waals surface area contributed by atoms with Crippen LogP contribution >= 0.6 is 0 Å². The third-order valence-corrected chi connectivity index (χ3v) is 4.45. The van der Waals surface area contributed by atoms with E-state index in [1.165, 1.54) is 6.07 Å². The molecule has 4 rings (SSSR count). The van der Waals surface area contributed by atoms with E-state index in [4.69, 9.17) is 4.42 Å². The van der Waals surface area contributed by atoms with Gasteiger partial charge in [0.15, 0.2) is 5.65 Å². The maximum atomic E-state index is 12.7. The number of nitrogens with one attached hydrogen (secondary N) is 1. The number of carbonyl (C=O) groups excluding carboxylic acids is 1. The largest absolute Gasteiger partial charge is 0.467 e. The second kappa shape index (κ2) is 6.18. The van der Waals surface area contributed by atoms with Crippen LogP contribution in [0.4, 0.5) is 0 Å². The fourth-order valence-electron chi connectivity index (χ4n) is 3.24. The van der Waals surface area contributed by atoms with Crippen molar-refractivity contribution in [3.8, 4) is 0 Å². The zero-order chi connectivity index (χ0) is 18.3. The minimum Gasteiger partial charge on any atom is -0.467 e. The lowest BCUT2D eigenvalue weighted by Crippen LogP contribution is -2.32. The SMILES string of the molecule is Cc1cc(=O)nc2c3ccccc3n([C@@H](C)C(=O)NCc3ccco3)n12. The van der Waals surface area contributed by atoms with Crippen molar-refractivity contribution in [3.63, 3.8) is 0 Å². The number of hydrogen-bond acceptors (Lipinski definition) is 4. The quantitative estimate of drug-likeness (QED) is 0.613. The summed E-state index contributed by atoms with van der Waals surface area (Å²) in [5.41, 5.74) is 1.83. The molecule has 0 bridgehead atoms. The molecule has 26 heavy (non-hydrogen) atoms. The molecule has 1 N–H and O–H groups in total. The first-order valence-corrected chi connectivity index (χ1v) is 8.36. The second-order valence-electron chi connectivity index (χ2n) is 6.21. The van der Waals surface area contributed by atoms with Crippen molar-refractivity contribution >= 4 is 22.5 Å². The van der Waals surface area contributed by atoms with Crippen molar-refractivity contribution in [1.29, 1.82) is 0 Å². The van der Waals surface area contributed by atoms with Gasteiger partial charge in [0.2, 0.25) is 5.91 Å². The van der Waals surface area contributed by atoms with Crippen LogP contribution in [0.25, 0.3) is 16.6 Å². The Morgan fingerprint density at radius 1 is 1.27 bits per heavy atom. The number of carbonyl (C=O) groups is 1. The first kappa shape index (κ1) is 16.1. The van der Waals surface area contributed by atoms with Crippen LogP contribution in [0.3, 0.4) is 0 Å². The molecule has 132 valence electrons. The highest BCUT2D eigenvalue weighted by Crippen LogP contribution is 2.25. The third kappa shape index (κ3) is 2.57. The average molecular weight is 350 g/mol. The first-order valence-electron chi connectivity index (χ1n) is 8.36. The lowest BCUT2D eigenvalue weighted by atomic mass is 10.2. The van der Waals surface area contributed by atoms with Crippen LogP contribution in [0.5, 0.6) is 0 Å². The molecule has 0 radical (unpaired) electrons. The van der Waals surface area contributed by atoms with E-state index in [0.29, 0.717) is 18.0 Å². The van der Waals surface area contributed by atoms with Crippen molar-refractivity contribution in [2.24, 2.45) is 0 Å². The van der Waals surface area contributed by atoms with Gasteiger partial charge in [-0.05, 0) is 38.1 Å². The Kier molecular flexibility index (Phi) is 3.84. The Labute approximate surface area is 148 Å². The van der Waals surface area contributed by atoms with Gasteiger partial charge < -0.3 is 9.73 Å². The Balaban J connectivity index is 1.81. The number of fused-ring (bicyclic) bond motifs is 3. The van der Waals surface area contributed by atoms with Crippen LogP contribution in [0, 0.1) is 6.92 Å². The molecule has 1 amide bonds. The first-order chi connectivity index (χ1) is 12.6. The zero-order valence-corrected chi connectivity index (χ0v) is 14.5. The molecule has 0 aliphatic carbocycles. The Morgan fingerprint density at radius 2 is 2.08 bits per heavy atom. The van der Waals surface area contributed by atoms with E-state index in [9.17, 15) is 9.59 Å². The number of rotatable bonds is 4. The number of benzene rings is 1. The average Bonchev–Trinajstić information content (AvgIpc) is 3.25. The fourth-order valence-corrected chi connectivity index (χ4v) is 3.24. The summed E-state index contributed by atoms with van der Waals surface area (Å²) in [6, 6.07) is 12.2. The molecule has 7 heteroatoms. The lowest BCUT2D eigenvalue weighted by Gasteiger charge is -2.17. The molecule has 0 saturated heterocycles. The van der Waals surface area contributed by atoms with E-state index in [1.807, 2.05) is 53.4 Å². The number of para-hydroxylation sites is 1. The van der Waals surface area contributed by atoms with Crippen molar-refractivity contribution in [2.75, 3.05) is 0 Å². The number of aryl methyl sites for hydroxylation is 1. The number of hydrogen-bond donors (Lipinski definition) is 1. The fraction of sp³-hybridized carbons (Fsp3) is 0.211. The number of aromatic nitrogens is 3. The zero-order valence-electron chi connectivity index (χ0n) is 14.5. The van der Waals surface area contributed by atoms with Crippen molar-refractivity contribution in [1.82, 2.24) is 19.5 Å². The maximum Gasteiger partial charge on any atom is 0.273 e. The van der Waals surface area contributed by atoms with Gasteiger partial charge >= 0.3 is 0 Å². The van der Waals surface area contributed by atoms with E-state index in [0.717, 1.165) is 16.6 Å². The minimum absolute atomic E-state index is 0.151. The molecule has 3 aromatic heterocycles. The van der Waals surface area contributed by atoms with Gasteiger partial charge in [0.25, 0.3) is 5.56 Å². The summed E-state index contributed by atoms with van der Waals surface area (Å²) in [7, 11) is 0. The molecule has 1 atom stereocenters. The van der Waals surface area contributed by atoms with E-state index in [-0.39, 0.29) is 11.5 Å². The lowest BCUT2D eigenvalue weighted by molar-refractivity contribution is -0.124. The molecule has 0 aliphatic heterocycles. The summed E-state index contributed by atoms with van der Waals surface area (Å²) in [4.78, 5) is 28.8. The highest BCUT2D eigenvalue weighted by molar-refractivity contribution is 5.94. The van der Waals surface area contributed by atoms with Gasteiger partial charge in [0, 0.05) is 17.1 Å². The predicted octanol–water partition coefficient (Wildman–Crippen LogP) is 2.43. The van der Waals surface area contributed by atoms with Crippen molar-refractivity contribution < 1.29 is 9.21 Å². The van der Waals surface area contributed by atoms with E-state index in [2.05, 4.69) is 10.3 Å².